The average Bonchev–Trinajstić information content (AvgIpc) is 3.14. The molecule has 3 nitrogen and oxygen atoms in total. The van der Waals surface area contributed by atoms with Crippen LogP contribution in [0.2, 0.25) is 0 Å². The molecule has 0 fully saturated rings. The fourth-order valence-corrected chi connectivity index (χ4v) is 2.48. The van der Waals surface area contributed by atoms with E-state index in [2.05, 4.69) is 22.0 Å². The monoisotopic (exact) mass is 304 g/mol. The standard InChI is InChI=1S/C20H20N2O/c23-20(13-10-17-6-2-1-3-7-17)21-16-18-8-11-19(12-9-18)22-14-4-5-15-22/h1-9,11-12,14-15H,10,13,16H2,(H,21,23). The van der Waals surface area contributed by atoms with Crippen LogP contribution in [0.25, 0.3) is 5.69 Å². The van der Waals surface area contributed by atoms with Crippen LogP contribution in [0.5, 0.6) is 0 Å². The van der Waals surface area contributed by atoms with Gasteiger partial charge in [0.25, 0.3) is 0 Å². The van der Waals surface area contributed by atoms with Crippen LogP contribution in [-0.2, 0) is 17.8 Å². The van der Waals surface area contributed by atoms with Crippen LogP contribution < -0.4 is 5.32 Å². The number of benzene rings is 2. The fourth-order valence-electron chi connectivity index (χ4n) is 2.48. The van der Waals surface area contributed by atoms with E-state index in [9.17, 15) is 4.79 Å². The highest BCUT2D eigenvalue weighted by molar-refractivity contribution is 5.76. The number of aryl methyl sites for hydroxylation is 1. The molecule has 0 atom stereocenters. The zero-order valence-electron chi connectivity index (χ0n) is 13.0. The summed E-state index contributed by atoms with van der Waals surface area (Å²) in [4.78, 5) is 11.9. The molecule has 0 spiro atoms. The van der Waals surface area contributed by atoms with Gasteiger partial charge >= 0.3 is 0 Å². The highest BCUT2D eigenvalue weighted by atomic mass is 16.1. The van der Waals surface area contributed by atoms with Gasteiger partial charge in [0, 0.05) is 31.0 Å². The number of hydrogen-bond acceptors (Lipinski definition) is 1. The zero-order valence-corrected chi connectivity index (χ0v) is 13.0. The van der Waals surface area contributed by atoms with E-state index in [0.29, 0.717) is 13.0 Å². The van der Waals surface area contributed by atoms with E-state index >= 15 is 0 Å². The molecule has 3 rings (SSSR count). The third kappa shape index (κ3) is 4.33. The maximum absolute atomic E-state index is 11.9. The lowest BCUT2D eigenvalue weighted by atomic mass is 10.1. The van der Waals surface area contributed by atoms with Crippen molar-refractivity contribution in [3.63, 3.8) is 0 Å². The third-order valence-electron chi connectivity index (χ3n) is 3.81. The highest BCUT2D eigenvalue weighted by Crippen LogP contribution is 2.10. The van der Waals surface area contributed by atoms with Crippen molar-refractivity contribution in [3.05, 3.63) is 90.3 Å². The molecule has 0 aliphatic rings. The van der Waals surface area contributed by atoms with Gasteiger partial charge in [0.05, 0.1) is 0 Å². The van der Waals surface area contributed by atoms with Crippen LogP contribution in [-0.4, -0.2) is 10.5 Å². The molecule has 0 unspecified atom stereocenters. The van der Waals surface area contributed by atoms with Crippen molar-refractivity contribution in [2.45, 2.75) is 19.4 Å². The van der Waals surface area contributed by atoms with Crippen LogP contribution in [0.1, 0.15) is 17.5 Å². The highest BCUT2D eigenvalue weighted by Gasteiger charge is 2.02. The first-order valence-electron chi connectivity index (χ1n) is 7.84. The quantitative estimate of drug-likeness (QED) is 0.740. The van der Waals surface area contributed by atoms with Crippen molar-refractivity contribution < 1.29 is 4.79 Å². The van der Waals surface area contributed by atoms with Crippen molar-refractivity contribution >= 4 is 5.91 Å². The van der Waals surface area contributed by atoms with Gasteiger partial charge in [0.1, 0.15) is 0 Å². The molecule has 0 aliphatic carbocycles. The Balaban J connectivity index is 1.47. The predicted molar refractivity (Wildman–Crippen MR) is 92.4 cm³/mol. The minimum Gasteiger partial charge on any atom is -0.352 e. The third-order valence-corrected chi connectivity index (χ3v) is 3.81. The normalized spacial score (nSPS) is 10.4. The first kappa shape index (κ1) is 15.1. The molecule has 0 saturated carbocycles. The summed E-state index contributed by atoms with van der Waals surface area (Å²) in [5, 5.41) is 2.98. The van der Waals surface area contributed by atoms with Gasteiger partial charge in [0.15, 0.2) is 0 Å². The van der Waals surface area contributed by atoms with Gasteiger partial charge in [-0.15, -0.1) is 0 Å². The molecule has 0 saturated heterocycles. The summed E-state index contributed by atoms with van der Waals surface area (Å²) >= 11 is 0. The predicted octanol–water partition coefficient (Wildman–Crippen LogP) is 3.73. The van der Waals surface area contributed by atoms with Gasteiger partial charge < -0.3 is 9.88 Å². The van der Waals surface area contributed by atoms with E-state index < -0.39 is 0 Å². The molecule has 3 heteroatoms. The largest absolute Gasteiger partial charge is 0.352 e. The summed E-state index contributed by atoms with van der Waals surface area (Å²) in [6.45, 7) is 0.569. The van der Waals surface area contributed by atoms with Gasteiger partial charge in [-0.2, -0.15) is 0 Å². The summed E-state index contributed by atoms with van der Waals surface area (Å²) in [5.41, 5.74) is 3.42. The van der Waals surface area contributed by atoms with Gasteiger partial charge in [0.2, 0.25) is 5.91 Å². The Kier molecular flexibility index (Phi) is 4.89. The van der Waals surface area contributed by atoms with Crippen LogP contribution in [0.4, 0.5) is 0 Å². The fraction of sp³-hybridized carbons (Fsp3) is 0.150. The number of amides is 1. The Labute approximate surface area is 136 Å². The number of rotatable bonds is 6. The van der Waals surface area contributed by atoms with Crippen molar-refractivity contribution in [3.8, 4) is 5.69 Å². The average molecular weight is 304 g/mol. The van der Waals surface area contributed by atoms with E-state index in [1.807, 2.05) is 67.0 Å². The first-order valence-corrected chi connectivity index (χ1v) is 7.84. The van der Waals surface area contributed by atoms with E-state index in [4.69, 9.17) is 0 Å². The molecule has 1 heterocycles. The van der Waals surface area contributed by atoms with E-state index in [-0.39, 0.29) is 5.91 Å². The summed E-state index contributed by atoms with van der Waals surface area (Å²) in [5.74, 6) is 0.0864. The Morgan fingerprint density at radius 2 is 1.52 bits per heavy atom. The second kappa shape index (κ2) is 7.45. The van der Waals surface area contributed by atoms with Gasteiger partial charge in [-0.1, -0.05) is 42.5 Å². The van der Waals surface area contributed by atoms with Gasteiger partial charge in [-0.05, 0) is 41.8 Å². The van der Waals surface area contributed by atoms with Crippen molar-refractivity contribution in [2.75, 3.05) is 0 Å². The first-order chi connectivity index (χ1) is 11.3. The van der Waals surface area contributed by atoms with Crippen LogP contribution in [0.15, 0.2) is 79.1 Å². The molecule has 1 N–H and O–H groups in total. The Hall–Kier alpha value is -2.81. The molecule has 3 aromatic rings. The lowest BCUT2D eigenvalue weighted by Gasteiger charge is -2.07. The SMILES string of the molecule is O=C(CCc1ccccc1)NCc1ccc(-n2cccc2)cc1. The van der Waals surface area contributed by atoms with Gasteiger partial charge in [-0.3, -0.25) is 4.79 Å². The topological polar surface area (TPSA) is 34.0 Å². The van der Waals surface area contributed by atoms with Crippen LogP contribution in [0, 0.1) is 0 Å². The molecule has 0 aliphatic heterocycles. The molecular formula is C20H20N2O. The van der Waals surface area contributed by atoms with E-state index in [1.165, 1.54) is 5.56 Å². The Morgan fingerprint density at radius 1 is 0.826 bits per heavy atom. The number of aromatic nitrogens is 1. The van der Waals surface area contributed by atoms with E-state index in [1.54, 1.807) is 0 Å². The summed E-state index contributed by atoms with van der Waals surface area (Å²) < 4.78 is 2.06. The Morgan fingerprint density at radius 3 is 2.22 bits per heavy atom. The summed E-state index contributed by atoms with van der Waals surface area (Å²) in [6, 6.07) is 22.3. The molecule has 1 amide bonds. The smallest absolute Gasteiger partial charge is 0.220 e. The molecule has 23 heavy (non-hydrogen) atoms. The zero-order chi connectivity index (χ0) is 15.9. The van der Waals surface area contributed by atoms with E-state index in [0.717, 1.165) is 17.7 Å². The molecule has 2 aromatic carbocycles. The number of carbonyl (C=O) groups is 1. The molecule has 0 radical (unpaired) electrons. The molecule has 116 valence electrons. The van der Waals surface area contributed by atoms with Crippen molar-refractivity contribution in [2.24, 2.45) is 0 Å². The molecule has 1 aromatic heterocycles. The number of nitrogens with zero attached hydrogens (tertiary/aromatic N) is 1. The lowest BCUT2D eigenvalue weighted by molar-refractivity contribution is -0.121. The maximum Gasteiger partial charge on any atom is 0.220 e. The number of nitrogens with one attached hydrogen (secondary N) is 1. The van der Waals surface area contributed by atoms with Crippen LogP contribution >= 0.6 is 0 Å². The van der Waals surface area contributed by atoms with Crippen molar-refractivity contribution in [1.29, 1.82) is 0 Å². The van der Waals surface area contributed by atoms with Crippen molar-refractivity contribution in [1.82, 2.24) is 9.88 Å². The minimum absolute atomic E-state index is 0.0864. The summed E-state index contributed by atoms with van der Waals surface area (Å²) in [7, 11) is 0. The molecular weight excluding hydrogens is 284 g/mol. The van der Waals surface area contributed by atoms with Crippen LogP contribution in [0.3, 0.4) is 0 Å². The Bertz CT molecular complexity index is 731. The lowest BCUT2D eigenvalue weighted by Crippen LogP contribution is -2.22. The maximum atomic E-state index is 11.9. The molecule has 0 bridgehead atoms. The van der Waals surface area contributed by atoms with Gasteiger partial charge in [-0.25, -0.2) is 0 Å². The second-order valence-corrected chi connectivity index (χ2v) is 5.52. The number of carbonyl (C=O) groups excluding carboxylic acids is 1. The second-order valence-electron chi connectivity index (χ2n) is 5.52. The summed E-state index contributed by atoms with van der Waals surface area (Å²) in [6.07, 6.45) is 5.32. The minimum atomic E-state index is 0.0864. The number of hydrogen-bond donors (Lipinski definition) is 1.